The number of nitrogens with two attached hydrogens (primary N) is 1. The summed E-state index contributed by atoms with van der Waals surface area (Å²) in [6.07, 6.45) is 3.35. The van der Waals surface area contributed by atoms with Crippen LogP contribution in [0.2, 0.25) is 0 Å². The number of carboxylic acids is 1. The molecular weight excluding hydrogens is 204 g/mol. The molecule has 0 saturated heterocycles. The van der Waals surface area contributed by atoms with E-state index in [1.165, 1.54) is 0 Å². The third kappa shape index (κ3) is 2.01. The number of carboxylic acid groups (broad SMARTS) is 1. The van der Waals surface area contributed by atoms with Crippen molar-refractivity contribution < 1.29 is 9.90 Å². The van der Waals surface area contributed by atoms with Crippen molar-refractivity contribution in [3.8, 4) is 0 Å². The number of fused-ring (bicyclic) bond motifs is 1. The van der Waals surface area contributed by atoms with Crippen LogP contribution in [0.25, 0.3) is 10.8 Å². The van der Waals surface area contributed by atoms with Crippen molar-refractivity contribution in [1.29, 1.82) is 0 Å². The molecule has 0 bridgehead atoms. The van der Waals surface area contributed by atoms with Crippen LogP contribution in [0.1, 0.15) is 18.0 Å². The molecule has 0 aliphatic rings. The van der Waals surface area contributed by atoms with Gasteiger partial charge in [0.25, 0.3) is 0 Å². The molecule has 16 heavy (non-hydrogen) atoms. The highest BCUT2D eigenvalue weighted by atomic mass is 16.4. The molecule has 0 aliphatic carbocycles. The maximum Gasteiger partial charge on any atom is 0.305 e. The third-order valence-electron chi connectivity index (χ3n) is 2.51. The highest BCUT2D eigenvalue weighted by Crippen LogP contribution is 2.23. The van der Waals surface area contributed by atoms with Gasteiger partial charge < -0.3 is 10.8 Å². The molecule has 1 aromatic carbocycles. The van der Waals surface area contributed by atoms with Gasteiger partial charge in [-0.3, -0.25) is 9.78 Å². The highest BCUT2D eigenvalue weighted by molar-refractivity contribution is 5.85. The maximum absolute atomic E-state index is 10.6. The summed E-state index contributed by atoms with van der Waals surface area (Å²) in [7, 11) is 0. The normalized spacial score (nSPS) is 12.6. The molecule has 4 nitrogen and oxygen atoms in total. The average molecular weight is 216 g/mol. The van der Waals surface area contributed by atoms with Crippen molar-refractivity contribution >= 4 is 16.7 Å². The van der Waals surface area contributed by atoms with E-state index in [1.54, 1.807) is 12.4 Å². The average Bonchev–Trinajstić information content (AvgIpc) is 2.27. The van der Waals surface area contributed by atoms with E-state index < -0.39 is 12.0 Å². The zero-order valence-corrected chi connectivity index (χ0v) is 8.63. The molecule has 1 atom stereocenters. The van der Waals surface area contributed by atoms with E-state index in [0.717, 1.165) is 16.3 Å². The molecule has 2 aromatic rings. The van der Waals surface area contributed by atoms with Gasteiger partial charge in [0.1, 0.15) is 0 Å². The molecule has 0 aliphatic heterocycles. The topological polar surface area (TPSA) is 76.2 Å². The quantitative estimate of drug-likeness (QED) is 0.818. The van der Waals surface area contributed by atoms with E-state index in [0.29, 0.717) is 0 Å². The number of pyridine rings is 1. The van der Waals surface area contributed by atoms with Gasteiger partial charge in [-0.1, -0.05) is 18.2 Å². The molecular formula is C12H12N2O2. The van der Waals surface area contributed by atoms with E-state index in [1.807, 2.05) is 24.3 Å². The Morgan fingerprint density at radius 1 is 1.44 bits per heavy atom. The molecule has 0 fully saturated rings. The van der Waals surface area contributed by atoms with E-state index in [2.05, 4.69) is 4.98 Å². The first-order valence-corrected chi connectivity index (χ1v) is 4.98. The number of aromatic nitrogens is 1. The SMILES string of the molecule is NC(CC(=O)O)c1cccc2cnccc12. The van der Waals surface area contributed by atoms with Crippen molar-refractivity contribution in [3.63, 3.8) is 0 Å². The summed E-state index contributed by atoms with van der Waals surface area (Å²) >= 11 is 0. The van der Waals surface area contributed by atoms with Crippen LogP contribution in [-0.2, 0) is 4.79 Å². The molecule has 0 spiro atoms. The van der Waals surface area contributed by atoms with Gasteiger partial charge in [0, 0.05) is 23.8 Å². The predicted octanol–water partition coefficient (Wildman–Crippen LogP) is 1.71. The largest absolute Gasteiger partial charge is 0.481 e. The van der Waals surface area contributed by atoms with Crippen LogP contribution in [0.3, 0.4) is 0 Å². The van der Waals surface area contributed by atoms with Crippen LogP contribution >= 0.6 is 0 Å². The Hall–Kier alpha value is -1.94. The van der Waals surface area contributed by atoms with Gasteiger partial charge in [-0.25, -0.2) is 0 Å². The van der Waals surface area contributed by atoms with Crippen LogP contribution < -0.4 is 5.73 Å². The van der Waals surface area contributed by atoms with E-state index in [4.69, 9.17) is 10.8 Å². The summed E-state index contributed by atoms with van der Waals surface area (Å²) in [5.41, 5.74) is 6.71. The van der Waals surface area contributed by atoms with Gasteiger partial charge in [0.15, 0.2) is 0 Å². The minimum atomic E-state index is -0.890. The molecule has 0 radical (unpaired) electrons. The summed E-state index contributed by atoms with van der Waals surface area (Å²) in [4.78, 5) is 14.6. The number of aliphatic carboxylic acids is 1. The van der Waals surface area contributed by atoms with Crippen LogP contribution in [0.4, 0.5) is 0 Å². The number of hydrogen-bond acceptors (Lipinski definition) is 3. The zero-order valence-electron chi connectivity index (χ0n) is 8.63. The van der Waals surface area contributed by atoms with E-state index >= 15 is 0 Å². The second kappa shape index (κ2) is 4.28. The van der Waals surface area contributed by atoms with Gasteiger partial charge in [-0.2, -0.15) is 0 Å². The summed E-state index contributed by atoms with van der Waals surface area (Å²) in [6, 6.07) is 7.02. The molecule has 1 unspecified atom stereocenters. The fourth-order valence-electron chi connectivity index (χ4n) is 1.77. The monoisotopic (exact) mass is 216 g/mol. The lowest BCUT2D eigenvalue weighted by Gasteiger charge is -2.12. The third-order valence-corrected chi connectivity index (χ3v) is 2.51. The van der Waals surface area contributed by atoms with Gasteiger partial charge in [0.05, 0.1) is 6.42 Å². The van der Waals surface area contributed by atoms with Gasteiger partial charge in [0.2, 0.25) is 0 Å². The first kappa shape index (κ1) is 10.6. The minimum absolute atomic E-state index is 0.0680. The molecule has 0 saturated carbocycles. The predicted molar refractivity (Wildman–Crippen MR) is 60.9 cm³/mol. The van der Waals surface area contributed by atoms with Crippen LogP contribution in [0.5, 0.6) is 0 Å². The Balaban J connectivity index is 2.47. The first-order chi connectivity index (χ1) is 7.68. The van der Waals surface area contributed by atoms with E-state index in [9.17, 15) is 4.79 Å². The number of carbonyl (C=O) groups is 1. The Labute approximate surface area is 92.7 Å². The number of hydrogen-bond donors (Lipinski definition) is 2. The number of benzene rings is 1. The first-order valence-electron chi connectivity index (χ1n) is 4.98. The summed E-state index contributed by atoms with van der Waals surface area (Å²) in [6.45, 7) is 0. The smallest absolute Gasteiger partial charge is 0.305 e. The summed E-state index contributed by atoms with van der Waals surface area (Å²) in [5.74, 6) is -0.890. The standard InChI is InChI=1S/C12H12N2O2/c13-11(6-12(15)16)10-3-1-2-8-7-14-5-4-9(8)10/h1-5,7,11H,6,13H2,(H,15,16). The highest BCUT2D eigenvalue weighted by Gasteiger charge is 2.12. The molecule has 1 heterocycles. The van der Waals surface area contributed by atoms with Crippen molar-refractivity contribution in [2.24, 2.45) is 5.73 Å². The molecule has 2 rings (SSSR count). The Kier molecular flexibility index (Phi) is 2.83. The molecule has 1 aromatic heterocycles. The second-order valence-corrected chi connectivity index (χ2v) is 3.65. The fraction of sp³-hybridized carbons (Fsp3) is 0.167. The second-order valence-electron chi connectivity index (χ2n) is 3.65. The van der Waals surface area contributed by atoms with Crippen LogP contribution in [-0.4, -0.2) is 16.1 Å². The van der Waals surface area contributed by atoms with Crippen molar-refractivity contribution in [1.82, 2.24) is 4.98 Å². The minimum Gasteiger partial charge on any atom is -0.481 e. The van der Waals surface area contributed by atoms with Crippen molar-refractivity contribution in [3.05, 3.63) is 42.2 Å². The Morgan fingerprint density at radius 3 is 3.00 bits per heavy atom. The Morgan fingerprint density at radius 2 is 2.25 bits per heavy atom. The van der Waals surface area contributed by atoms with Gasteiger partial charge in [-0.15, -0.1) is 0 Å². The van der Waals surface area contributed by atoms with Crippen molar-refractivity contribution in [2.75, 3.05) is 0 Å². The molecule has 4 heteroatoms. The van der Waals surface area contributed by atoms with E-state index in [-0.39, 0.29) is 6.42 Å². The van der Waals surface area contributed by atoms with Crippen molar-refractivity contribution in [2.45, 2.75) is 12.5 Å². The van der Waals surface area contributed by atoms with Gasteiger partial charge >= 0.3 is 5.97 Å². The molecule has 0 amide bonds. The lowest BCUT2D eigenvalue weighted by Crippen LogP contribution is -2.15. The summed E-state index contributed by atoms with van der Waals surface area (Å²) in [5, 5.41) is 10.7. The molecule has 3 N–H and O–H groups in total. The lowest BCUT2D eigenvalue weighted by molar-refractivity contribution is -0.137. The molecule has 82 valence electrons. The maximum atomic E-state index is 10.6. The fourth-order valence-corrected chi connectivity index (χ4v) is 1.77. The van der Waals surface area contributed by atoms with Crippen LogP contribution in [0.15, 0.2) is 36.7 Å². The van der Waals surface area contributed by atoms with Crippen LogP contribution in [0, 0.1) is 0 Å². The summed E-state index contributed by atoms with van der Waals surface area (Å²) < 4.78 is 0. The number of nitrogens with zero attached hydrogens (tertiary/aromatic N) is 1. The zero-order chi connectivity index (χ0) is 11.5. The Bertz CT molecular complexity index is 520. The lowest BCUT2D eigenvalue weighted by atomic mass is 9.99. The van der Waals surface area contributed by atoms with Gasteiger partial charge in [-0.05, 0) is 17.0 Å². The number of rotatable bonds is 3.